The van der Waals surface area contributed by atoms with Gasteiger partial charge in [0.05, 0.1) is 6.26 Å². The first kappa shape index (κ1) is 16.4. The van der Waals surface area contributed by atoms with Crippen molar-refractivity contribution in [2.45, 2.75) is 32.0 Å². The molecule has 3 aromatic heterocycles. The summed E-state index contributed by atoms with van der Waals surface area (Å²) in [5.74, 6) is 1.34. The molecule has 3 aromatic rings. The van der Waals surface area contributed by atoms with Crippen LogP contribution in [0.25, 0.3) is 11.5 Å². The number of nitrogens with one attached hydrogen (secondary N) is 1. The fraction of sp³-hybridized carbons (Fsp3) is 0.250. The number of nitrogens with zero attached hydrogens (tertiary/aromatic N) is 3. The van der Waals surface area contributed by atoms with E-state index in [1.807, 2.05) is 19.1 Å². The van der Waals surface area contributed by atoms with Gasteiger partial charge in [-0.3, -0.25) is 4.98 Å². The lowest BCUT2D eigenvalue weighted by Gasteiger charge is -2.05. The van der Waals surface area contributed by atoms with Crippen LogP contribution >= 0.6 is 0 Å². The first-order chi connectivity index (χ1) is 11.5. The molecule has 24 heavy (non-hydrogen) atoms. The SMILES string of the molecule is CCn1cc(S(=O)(=O)NCc2ccc(-c3ccco3)nc2)nc1C. The van der Waals surface area contributed by atoms with E-state index in [-0.39, 0.29) is 11.6 Å². The van der Waals surface area contributed by atoms with E-state index in [1.165, 1.54) is 6.20 Å². The topological polar surface area (TPSA) is 90.0 Å². The van der Waals surface area contributed by atoms with Crippen molar-refractivity contribution in [2.75, 3.05) is 0 Å². The van der Waals surface area contributed by atoms with Gasteiger partial charge >= 0.3 is 0 Å². The van der Waals surface area contributed by atoms with E-state index in [0.29, 0.717) is 23.8 Å². The Morgan fingerprint density at radius 1 is 1.29 bits per heavy atom. The molecule has 0 fully saturated rings. The zero-order valence-corrected chi connectivity index (χ0v) is 14.2. The highest BCUT2D eigenvalue weighted by molar-refractivity contribution is 7.89. The summed E-state index contributed by atoms with van der Waals surface area (Å²) in [7, 11) is -3.65. The Balaban J connectivity index is 1.70. The molecule has 0 spiro atoms. The first-order valence-electron chi connectivity index (χ1n) is 7.52. The number of pyridine rings is 1. The van der Waals surface area contributed by atoms with Gasteiger partial charge in [-0.15, -0.1) is 0 Å². The van der Waals surface area contributed by atoms with Crippen LogP contribution in [0.1, 0.15) is 18.3 Å². The molecule has 0 saturated heterocycles. The molecule has 0 amide bonds. The van der Waals surface area contributed by atoms with Gasteiger partial charge in [-0.2, -0.15) is 0 Å². The maximum Gasteiger partial charge on any atom is 0.259 e. The molecule has 0 bridgehead atoms. The summed E-state index contributed by atoms with van der Waals surface area (Å²) in [6.07, 6.45) is 4.74. The van der Waals surface area contributed by atoms with Crippen molar-refractivity contribution in [3.63, 3.8) is 0 Å². The normalized spacial score (nSPS) is 11.8. The zero-order chi connectivity index (χ0) is 17.2. The Bertz CT molecular complexity index is 913. The fourth-order valence-electron chi connectivity index (χ4n) is 2.28. The van der Waals surface area contributed by atoms with Gasteiger partial charge in [0.2, 0.25) is 0 Å². The second-order valence-corrected chi connectivity index (χ2v) is 6.98. The van der Waals surface area contributed by atoms with Gasteiger partial charge in [0, 0.05) is 25.5 Å². The van der Waals surface area contributed by atoms with E-state index >= 15 is 0 Å². The third-order valence-electron chi connectivity index (χ3n) is 3.63. The first-order valence-corrected chi connectivity index (χ1v) is 9.00. The summed E-state index contributed by atoms with van der Waals surface area (Å²) < 4.78 is 34.2. The summed E-state index contributed by atoms with van der Waals surface area (Å²) in [6, 6.07) is 7.20. The van der Waals surface area contributed by atoms with Crippen molar-refractivity contribution in [1.29, 1.82) is 0 Å². The minimum Gasteiger partial charge on any atom is -0.463 e. The van der Waals surface area contributed by atoms with Crippen LogP contribution in [-0.4, -0.2) is 23.0 Å². The third-order valence-corrected chi connectivity index (χ3v) is 4.91. The Morgan fingerprint density at radius 3 is 2.71 bits per heavy atom. The predicted molar refractivity (Wildman–Crippen MR) is 88.6 cm³/mol. The molecule has 0 aliphatic rings. The van der Waals surface area contributed by atoms with Gasteiger partial charge in [0.1, 0.15) is 11.5 Å². The average Bonchev–Trinajstić information content (AvgIpc) is 3.23. The lowest BCUT2D eigenvalue weighted by Crippen LogP contribution is -2.23. The van der Waals surface area contributed by atoms with Crippen LogP contribution in [-0.2, 0) is 23.1 Å². The molecular formula is C16H18N4O3S. The molecular weight excluding hydrogens is 328 g/mol. The van der Waals surface area contributed by atoms with Gasteiger partial charge in [-0.1, -0.05) is 6.07 Å². The predicted octanol–water partition coefficient (Wildman–Crippen LogP) is 2.34. The molecule has 0 aromatic carbocycles. The number of imidazole rings is 1. The third kappa shape index (κ3) is 3.39. The molecule has 0 aliphatic carbocycles. The van der Waals surface area contributed by atoms with Gasteiger partial charge in [0.25, 0.3) is 10.0 Å². The van der Waals surface area contributed by atoms with E-state index in [9.17, 15) is 8.42 Å². The van der Waals surface area contributed by atoms with Crippen LogP contribution in [0.3, 0.4) is 0 Å². The van der Waals surface area contributed by atoms with Crippen molar-refractivity contribution in [3.05, 3.63) is 54.3 Å². The minimum atomic E-state index is -3.65. The zero-order valence-electron chi connectivity index (χ0n) is 13.4. The number of aromatic nitrogens is 3. The van der Waals surface area contributed by atoms with Crippen LogP contribution in [0.4, 0.5) is 0 Å². The Morgan fingerprint density at radius 2 is 2.12 bits per heavy atom. The molecule has 0 radical (unpaired) electrons. The van der Waals surface area contributed by atoms with E-state index in [4.69, 9.17) is 4.42 Å². The molecule has 0 aliphatic heterocycles. The van der Waals surface area contributed by atoms with Crippen LogP contribution in [0.5, 0.6) is 0 Å². The fourth-order valence-corrected chi connectivity index (χ4v) is 3.30. The minimum absolute atomic E-state index is 0.0296. The standard InChI is InChI=1S/C16H18N4O3S/c1-3-20-11-16(19-12(20)2)24(21,22)18-10-13-6-7-14(17-9-13)15-5-4-8-23-15/h4-9,11,18H,3,10H2,1-2H3. The molecule has 126 valence electrons. The number of furan rings is 1. The maximum absolute atomic E-state index is 12.3. The number of hydrogen-bond acceptors (Lipinski definition) is 5. The van der Waals surface area contributed by atoms with Crippen LogP contribution in [0.15, 0.2) is 52.4 Å². The second-order valence-electron chi connectivity index (χ2n) is 5.27. The van der Waals surface area contributed by atoms with Gasteiger partial charge < -0.3 is 8.98 Å². The van der Waals surface area contributed by atoms with Crippen LogP contribution in [0, 0.1) is 6.92 Å². The number of hydrogen-bond donors (Lipinski definition) is 1. The maximum atomic E-state index is 12.3. The smallest absolute Gasteiger partial charge is 0.259 e. The molecule has 0 atom stereocenters. The monoisotopic (exact) mass is 346 g/mol. The lowest BCUT2D eigenvalue weighted by atomic mass is 10.2. The quantitative estimate of drug-likeness (QED) is 0.740. The summed E-state index contributed by atoms with van der Waals surface area (Å²) >= 11 is 0. The van der Waals surface area contributed by atoms with Crippen molar-refractivity contribution < 1.29 is 12.8 Å². The Hall–Kier alpha value is -2.45. The van der Waals surface area contributed by atoms with Crippen molar-refractivity contribution in [2.24, 2.45) is 0 Å². The largest absolute Gasteiger partial charge is 0.463 e. The number of rotatable bonds is 6. The van der Waals surface area contributed by atoms with E-state index in [1.54, 1.807) is 36.1 Å². The van der Waals surface area contributed by atoms with Crippen molar-refractivity contribution in [3.8, 4) is 11.5 Å². The van der Waals surface area contributed by atoms with Gasteiger partial charge in [0.15, 0.2) is 10.8 Å². The highest BCUT2D eigenvalue weighted by Gasteiger charge is 2.18. The van der Waals surface area contributed by atoms with E-state index in [2.05, 4.69) is 14.7 Å². The number of sulfonamides is 1. The molecule has 8 heteroatoms. The Labute approximate surface area is 140 Å². The summed E-state index contributed by atoms with van der Waals surface area (Å²) in [5, 5.41) is 0.0296. The van der Waals surface area contributed by atoms with Crippen molar-refractivity contribution >= 4 is 10.0 Å². The molecule has 1 N–H and O–H groups in total. The highest BCUT2D eigenvalue weighted by Crippen LogP contribution is 2.17. The van der Waals surface area contributed by atoms with Crippen LogP contribution in [0.2, 0.25) is 0 Å². The highest BCUT2D eigenvalue weighted by atomic mass is 32.2. The summed E-state index contributed by atoms with van der Waals surface area (Å²) in [5.41, 5.74) is 1.45. The van der Waals surface area contributed by atoms with Gasteiger partial charge in [-0.25, -0.2) is 18.1 Å². The Kier molecular flexibility index (Phi) is 4.50. The summed E-state index contributed by atoms with van der Waals surface area (Å²) in [4.78, 5) is 8.38. The van der Waals surface area contributed by atoms with E-state index < -0.39 is 10.0 Å². The second kappa shape index (κ2) is 6.58. The lowest BCUT2D eigenvalue weighted by molar-refractivity contribution is 0.576. The molecule has 0 unspecified atom stereocenters. The molecule has 3 rings (SSSR count). The molecule has 3 heterocycles. The van der Waals surface area contributed by atoms with Crippen LogP contribution < -0.4 is 4.72 Å². The van der Waals surface area contributed by atoms with Crippen molar-refractivity contribution in [1.82, 2.24) is 19.3 Å². The number of aryl methyl sites for hydroxylation is 2. The summed E-state index contributed by atoms with van der Waals surface area (Å²) in [6.45, 7) is 4.53. The molecule has 7 nitrogen and oxygen atoms in total. The molecule has 0 saturated carbocycles. The van der Waals surface area contributed by atoms with E-state index in [0.717, 1.165) is 5.56 Å². The average molecular weight is 346 g/mol. The van der Waals surface area contributed by atoms with Gasteiger partial charge in [-0.05, 0) is 37.6 Å².